The van der Waals surface area contributed by atoms with Crippen molar-refractivity contribution in [1.82, 2.24) is 29.8 Å². The summed E-state index contributed by atoms with van der Waals surface area (Å²) in [4.78, 5) is 23.4. The molecule has 1 aliphatic rings. The topological polar surface area (TPSA) is 75.4 Å². The van der Waals surface area contributed by atoms with Gasteiger partial charge in [0.25, 0.3) is 11.7 Å². The molecule has 1 N–H and O–H groups in total. The first kappa shape index (κ1) is 22.0. The first-order chi connectivity index (χ1) is 12.5. The van der Waals surface area contributed by atoms with Crippen molar-refractivity contribution in [2.24, 2.45) is 0 Å². The summed E-state index contributed by atoms with van der Waals surface area (Å²) in [6, 6.07) is 7.95. The highest BCUT2D eigenvalue weighted by molar-refractivity contribution is 5.91. The number of halogens is 3. The molecular weight excluding hydrogens is 406 g/mol. The Bertz CT molecular complexity index is 995. The van der Waals surface area contributed by atoms with Gasteiger partial charge in [-0.25, -0.2) is 13.9 Å². The number of piperazine rings is 1. The SMILES string of the molecule is Cc1cc(C)n2nc(C(=O)N3CCNCC3c3cccc(F)c3)nc2n1.Cl.Cl. The highest BCUT2D eigenvalue weighted by Crippen LogP contribution is 2.24. The van der Waals surface area contributed by atoms with Crippen molar-refractivity contribution in [3.05, 3.63) is 58.9 Å². The van der Waals surface area contributed by atoms with Gasteiger partial charge in [0.15, 0.2) is 0 Å². The fourth-order valence-electron chi connectivity index (χ4n) is 3.34. The number of hydrogen-bond donors (Lipinski definition) is 1. The van der Waals surface area contributed by atoms with Crippen LogP contribution in [0.25, 0.3) is 5.78 Å². The van der Waals surface area contributed by atoms with Gasteiger partial charge in [-0.05, 0) is 37.6 Å². The molecule has 0 radical (unpaired) electrons. The molecule has 1 aliphatic heterocycles. The maximum absolute atomic E-state index is 13.6. The number of carbonyl (C=O) groups excluding carboxylic acids is 1. The Hall–Kier alpha value is -2.29. The lowest BCUT2D eigenvalue weighted by Crippen LogP contribution is -2.49. The Morgan fingerprint density at radius 1 is 1.21 bits per heavy atom. The van der Waals surface area contributed by atoms with Crippen molar-refractivity contribution in [3.8, 4) is 0 Å². The highest BCUT2D eigenvalue weighted by atomic mass is 35.5. The molecule has 1 unspecified atom stereocenters. The minimum absolute atomic E-state index is 0. The first-order valence-electron chi connectivity index (χ1n) is 8.51. The molecular formula is C18H21Cl2FN6O. The van der Waals surface area contributed by atoms with Crippen LogP contribution < -0.4 is 5.32 Å². The lowest BCUT2D eigenvalue weighted by molar-refractivity contribution is 0.0621. The number of aromatic nitrogens is 4. The molecule has 0 spiro atoms. The lowest BCUT2D eigenvalue weighted by Gasteiger charge is -2.35. The van der Waals surface area contributed by atoms with E-state index in [-0.39, 0.29) is 48.4 Å². The van der Waals surface area contributed by atoms with Crippen LogP contribution in [0.2, 0.25) is 0 Å². The molecule has 0 saturated carbocycles. The van der Waals surface area contributed by atoms with Crippen LogP contribution in [0, 0.1) is 19.7 Å². The van der Waals surface area contributed by atoms with E-state index in [1.807, 2.05) is 26.0 Å². The molecule has 3 heterocycles. The third-order valence-electron chi connectivity index (χ3n) is 4.55. The van der Waals surface area contributed by atoms with Gasteiger partial charge >= 0.3 is 0 Å². The Labute approximate surface area is 174 Å². The van der Waals surface area contributed by atoms with Gasteiger partial charge in [-0.1, -0.05) is 12.1 Å². The van der Waals surface area contributed by atoms with Crippen LogP contribution in [0.5, 0.6) is 0 Å². The predicted molar refractivity (Wildman–Crippen MR) is 108 cm³/mol. The fourth-order valence-corrected chi connectivity index (χ4v) is 3.34. The van der Waals surface area contributed by atoms with Gasteiger partial charge in [0.1, 0.15) is 5.82 Å². The van der Waals surface area contributed by atoms with Gasteiger partial charge in [0.2, 0.25) is 5.82 Å². The highest BCUT2D eigenvalue weighted by Gasteiger charge is 2.31. The molecule has 0 bridgehead atoms. The van der Waals surface area contributed by atoms with Crippen molar-refractivity contribution in [1.29, 1.82) is 0 Å². The summed E-state index contributed by atoms with van der Waals surface area (Å²) in [7, 11) is 0. The molecule has 2 aromatic heterocycles. The van der Waals surface area contributed by atoms with Gasteiger partial charge in [-0.15, -0.1) is 29.9 Å². The molecule has 4 rings (SSSR count). The summed E-state index contributed by atoms with van der Waals surface area (Å²) >= 11 is 0. The summed E-state index contributed by atoms with van der Waals surface area (Å²) < 4.78 is 15.2. The van der Waals surface area contributed by atoms with E-state index in [1.165, 1.54) is 12.1 Å². The second-order valence-corrected chi connectivity index (χ2v) is 6.46. The third kappa shape index (κ3) is 4.09. The summed E-state index contributed by atoms with van der Waals surface area (Å²) in [6.45, 7) is 5.49. The summed E-state index contributed by atoms with van der Waals surface area (Å²) in [6.07, 6.45) is 0. The zero-order valence-corrected chi connectivity index (χ0v) is 17.1. The molecule has 1 atom stereocenters. The molecule has 1 saturated heterocycles. The van der Waals surface area contributed by atoms with Gasteiger partial charge in [0.05, 0.1) is 6.04 Å². The van der Waals surface area contributed by atoms with Crippen LogP contribution >= 0.6 is 24.8 Å². The molecule has 1 amide bonds. The van der Waals surface area contributed by atoms with E-state index in [0.29, 0.717) is 25.4 Å². The zero-order chi connectivity index (χ0) is 18.3. The quantitative estimate of drug-likeness (QED) is 0.681. The number of carbonyl (C=O) groups is 1. The van der Waals surface area contributed by atoms with Crippen molar-refractivity contribution in [2.75, 3.05) is 19.6 Å². The number of nitrogens with one attached hydrogen (secondary N) is 1. The van der Waals surface area contributed by atoms with E-state index < -0.39 is 0 Å². The van der Waals surface area contributed by atoms with E-state index in [2.05, 4.69) is 20.4 Å². The smallest absolute Gasteiger partial charge is 0.294 e. The fraction of sp³-hybridized carbons (Fsp3) is 0.333. The second kappa shape index (κ2) is 8.81. The van der Waals surface area contributed by atoms with E-state index in [4.69, 9.17) is 0 Å². The van der Waals surface area contributed by atoms with Crippen LogP contribution in [0.15, 0.2) is 30.3 Å². The normalized spacial score (nSPS) is 16.4. The summed E-state index contributed by atoms with van der Waals surface area (Å²) in [5.74, 6) is -0.0808. The average Bonchev–Trinajstić information content (AvgIpc) is 3.05. The van der Waals surface area contributed by atoms with Crippen LogP contribution in [0.4, 0.5) is 4.39 Å². The van der Waals surface area contributed by atoms with E-state index in [9.17, 15) is 9.18 Å². The van der Waals surface area contributed by atoms with Gasteiger partial charge in [-0.2, -0.15) is 4.98 Å². The lowest BCUT2D eigenvalue weighted by atomic mass is 10.0. The molecule has 3 aromatic rings. The van der Waals surface area contributed by atoms with Crippen LogP contribution in [0.1, 0.15) is 33.6 Å². The molecule has 7 nitrogen and oxygen atoms in total. The minimum atomic E-state index is -0.318. The van der Waals surface area contributed by atoms with Crippen LogP contribution in [0.3, 0.4) is 0 Å². The minimum Gasteiger partial charge on any atom is -0.326 e. The van der Waals surface area contributed by atoms with Gasteiger partial charge < -0.3 is 10.2 Å². The Kier molecular flexibility index (Phi) is 6.92. The molecule has 150 valence electrons. The standard InChI is InChI=1S/C18H19FN6O.2ClH/c1-11-8-12(2)25-18(21-11)22-16(23-25)17(26)24-7-6-20-10-15(24)13-4-3-5-14(19)9-13;;/h3-5,8-9,15,20H,6-7,10H2,1-2H3;2*1H. The predicted octanol–water partition coefficient (Wildman–Crippen LogP) is 2.51. The van der Waals surface area contributed by atoms with E-state index >= 15 is 0 Å². The summed E-state index contributed by atoms with van der Waals surface area (Å²) in [5, 5.41) is 7.59. The van der Waals surface area contributed by atoms with Crippen molar-refractivity contribution < 1.29 is 9.18 Å². The molecule has 0 aliphatic carbocycles. The number of nitrogens with zero attached hydrogens (tertiary/aromatic N) is 5. The van der Waals surface area contributed by atoms with Crippen molar-refractivity contribution in [3.63, 3.8) is 0 Å². The maximum Gasteiger partial charge on any atom is 0.294 e. The van der Waals surface area contributed by atoms with Crippen LogP contribution in [-0.4, -0.2) is 50.0 Å². The average molecular weight is 427 g/mol. The van der Waals surface area contributed by atoms with Crippen molar-refractivity contribution in [2.45, 2.75) is 19.9 Å². The number of rotatable bonds is 2. The second-order valence-electron chi connectivity index (χ2n) is 6.46. The third-order valence-corrected chi connectivity index (χ3v) is 4.55. The molecule has 1 aromatic carbocycles. The van der Waals surface area contributed by atoms with E-state index in [1.54, 1.807) is 15.5 Å². The first-order valence-corrected chi connectivity index (χ1v) is 8.51. The summed E-state index contributed by atoms with van der Waals surface area (Å²) in [5.41, 5.74) is 2.43. The number of amides is 1. The Morgan fingerprint density at radius 3 is 2.75 bits per heavy atom. The van der Waals surface area contributed by atoms with Crippen LogP contribution in [-0.2, 0) is 0 Å². The number of fused-ring (bicyclic) bond motifs is 1. The Balaban J connectivity index is 0.00000140. The number of benzene rings is 1. The largest absolute Gasteiger partial charge is 0.326 e. The van der Waals surface area contributed by atoms with Gasteiger partial charge in [0, 0.05) is 31.0 Å². The Morgan fingerprint density at radius 2 is 2.00 bits per heavy atom. The van der Waals surface area contributed by atoms with E-state index in [0.717, 1.165) is 17.0 Å². The van der Waals surface area contributed by atoms with Crippen molar-refractivity contribution >= 4 is 36.5 Å². The number of aryl methyl sites for hydroxylation is 2. The molecule has 1 fully saturated rings. The molecule has 10 heteroatoms. The zero-order valence-electron chi connectivity index (χ0n) is 15.4. The monoisotopic (exact) mass is 426 g/mol. The maximum atomic E-state index is 13.6. The van der Waals surface area contributed by atoms with Gasteiger partial charge in [-0.3, -0.25) is 4.79 Å². The number of hydrogen-bond acceptors (Lipinski definition) is 5. The molecule has 28 heavy (non-hydrogen) atoms.